The van der Waals surface area contributed by atoms with Crippen molar-refractivity contribution in [3.05, 3.63) is 24.3 Å². The van der Waals surface area contributed by atoms with Crippen LogP contribution >= 0.6 is 11.8 Å². The van der Waals surface area contributed by atoms with Gasteiger partial charge in [-0.1, -0.05) is 24.3 Å². The van der Waals surface area contributed by atoms with E-state index in [2.05, 4.69) is 4.90 Å². The fraction of sp³-hybridized carbons (Fsp3) is 0.708. The zero-order valence-corrected chi connectivity index (χ0v) is 20.3. The predicted octanol–water partition coefficient (Wildman–Crippen LogP) is -0.102. The zero-order valence-electron chi connectivity index (χ0n) is 19.5. The number of amides is 2. The molecule has 3 saturated heterocycles. The van der Waals surface area contributed by atoms with Crippen LogP contribution in [0.4, 0.5) is 0 Å². The highest BCUT2D eigenvalue weighted by Gasteiger charge is 2.71. The Hall–Kier alpha value is -1.88. The summed E-state index contributed by atoms with van der Waals surface area (Å²) in [6, 6.07) is -1.30. The third-order valence-corrected chi connectivity index (χ3v) is 9.41. The molecule has 0 aromatic heterocycles. The number of esters is 1. The third kappa shape index (κ3) is 3.88. The molecule has 0 aliphatic carbocycles. The van der Waals surface area contributed by atoms with Crippen molar-refractivity contribution in [2.75, 3.05) is 59.2 Å². The maximum Gasteiger partial charge on any atom is 0.311 e. The largest absolute Gasteiger partial charge is 0.465 e. The van der Waals surface area contributed by atoms with Gasteiger partial charge >= 0.3 is 5.97 Å². The van der Waals surface area contributed by atoms with Gasteiger partial charge in [-0.3, -0.25) is 19.3 Å². The van der Waals surface area contributed by atoms with Crippen LogP contribution < -0.4 is 0 Å². The molecule has 6 atom stereocenters. The number of hydrogen-bond acceptors (Lipinski definition) is 8. The normalized spacial score (nSPS) is 36.9. The van der Waals surface area contributed by atoms with E-state index in [9.17, 15) is 19.5 Å². The van der Waals surface area contributed by atoms with Crippen LogP contribution in [-0.2, 0) is 23.9 Å². The topological polar surface area (TPSA) is 99.6 Å². The fourth-order valence-electron chi connectivity index (χ4n) is 5.94. The van der Waals surface area contributed by atoms with Crippen LogP contribution in [0, 0.1) is 11.8 Å². The molecule has 0 bridgehead atoms. The second-order valence-electron chi connectivity index (χ2n) is 9.64. The van der Waals surface area contributed by atoms with E-state index in [1.54, 1.807) is 11.8 Å². The van der Waals surface area contributed by atoms with E-state index in [1.165, 1.54) is 11.8 Å². The van der Waals surface area contributed by atoms with Crippen LogP contribution in [0.15, 0.2) is 24.3 Å². The number of cyclic esters (lactones) is 1. The molecule has 10 heteroatoms. The van der Waals surface area contributed by atoms with Crippen molar-refractivity contribution in [2.24, 2.45) is 11.8 Å². The maximum atomic E-state index is 14.1. The van der Waals surface area contributed by atoms with E-state index in [-0.39, 0.29) is 29.6 Å². The van der Waals surface area contributed by atoms with Crippen LogP contribution in [-0.4, -0.2) is 119 Å². The average Bonchev–Trinajstić information content (AvgIpc) is 3.22. The Balaban J connectivity index is 1.48. The molecule has 0 radical (unpaired) electrons. The second kappa shape index (κ2) is 9.64. The molecule has 2 amide bonds. The number of thioether (sulfide) groups is 1. The Morgan fingerprint density at radius 3 is 2.71 bits per heavy atom. The van der Waals surface area contributed by atoms with Crippen molar-refractivity contribution in [1.29, 1.82) is 0 Å². The minimum Gasteiger partial charge on any atom is -0.465 e. The first-order valence-electron chi connectivity index (χ1n) is 12.2. The molecule has 3 fully saturated rings. The van der Waals surface area contributed by atoms with Gasteiger partial charge in [0, 0.05) is 38.0 Å². The van der Waals surface area contributed by atoms with E-state index in [0.29, 0.717) is 39.3 Å². The summed E-state index contributed by atoms with van der Waals surface area (Å²) in [7, 11) is 0. The van der Waals surface area contributed by atoms with Crippen LogP contribution in [0.25, 0.3) is 0 Å². The molecule has 9 nitrogen and oxygen atoms in total. The lowest BCUT2D eigenvalue weighted by atomic mass is 9.78. The van der Waals surface area contributed by atoms with Gasteiger partial charge in [-0.25, -0.2) is 0 Å². The maximum absolute atomic E-state index is 14.1. The van der Waals surface area contributed by atoms with E-state index in [0.717, 1.165) is 19.6 Å². The fourth-order valence-corrected chi connectivity index (χ4v) is 7.93. The summed E-state index contributed by atoms with van der Waals surface area (Å²) in [5, 5.41) is 9.73. The van der Waals surface area contributed by atoms with Gasteiger partial charge in [-0.05, 0) is 13.3 Å². The van der Waals surface area contributed by atoms with Crippen molar-refractivity contribution in [1.82, 2.24) is 14.7 Å². The van der Waals surface area contributed by atoms with Gasteiger partial charge in [0.25, 0.3) is 0 Å². The molecule has 5 aliphatic rings. The first kappa shape index (κ1) is 23.8. The number of aliphatic hydroxyl groups excluding tert-OH is 1. The van der Waals surface area contributed by atoms with Crippen LogP contribution in [0.3, 0.4) is 0 Å². The SMILES string of the molecule is C[C@H](CO)N1C(=O)[C@@H]2[C@H]3C(=O)OCCC=C[C@H]3S[C@@]23C=CCN(CCN2CCOCC2)C(=O)C13. The molecule has 186 valence electrons. The Labute approximate surface area is 204 Å². The van der Waals surface area contributed by atoms with Crippen molar-refractivity contribution in [3.63, 3.8) is 0 Å². The number of nitrogens with zero attached hydrogens (tertiary/aromatic N) is 3. The molecule has 5 rings (SSSR count). The third-order valence-electron chi connectivity index (χ3n) is 7.67. The number of aliphatic hydroxyl groups is 1. The van der Waals surface area contributed by atoms with Crippen LogP contribution in [0.1, 0.15) is 13.3 Å². The van der Waals surface area contributed by atoms with E-state index in [1.807, 2.05) is 29.2 Å². The summed E-state index contributed by atoms with van der Waals surface area (Å²) < 4.78 is 10.0. The molecule has 0 saturated carbocycles. The zero-order chi connectivity index (χ0) is 23.9. The van der Waals surface area contributed by atoms with Gasteiger partial charge < -0.3 is 24.4 Å². The first-order chi connectivity index (χ1) is 16.5. The molecule has 1 unspecified atom stereocenters. The highest BCUT2D eigenvalue weighted by molar-refractivity contribution is 8.02. The van der Waals surface area contributed by atoms with Crippen molar-refractivity contribution in [2.45, 2.75) is 35.4 Å². The second-order valence-corrected chi connectivity index (χ2v) is 11.1. The molecule has 34 heavy (non-hydrogen) atoms. The minimum absolute atomic E-state index is 0.117. The lowest BCUT2D eigenvalue weighted by molar-refractivity contribution is -0.153. The average molecular weight is 492 g/mol. The van der Waals surface area contributed by atoms with Gasteiger partial charge in [0.15, 0.2) is 0 Å². The van der Waals surface area contributed by atoms with E-state index < -0.39 is 28.7 Å². The van der Waals surface area contributed by atoms with Gasteiger partial charge in [0.1, 0.15) is 6.04 Å². The number of hydrogen-bond donors (Lipinski definition) is 1. The molecular weight excluding hydrogens is 458 g/mol. The Morgan fingerprint density at radius 1 is 1.15 bits per heavy atom. The first-order valence-corrected chi connectivity index (χ1v) is 13.1. The summed E-state index contributed by atoms with van der Waals surface area (Å²) in [4.78, 5) is 46.6. The summed E-state index contributed by atoms with van der Waals surface area (Å²) in [5.74, 6) is -2.08. The van der Waals surface area contributed by atoms with Gasteiger partial charge in [-0.2, -0.15) is 0 Å². The number of ether oxygens (including phenoxy) is 2. The highest BCUT2D eigenvalue weighted by atomic mass is 32.2. The van der Waals surface area contributed by atoms with Gasteiger partial charge in [0.05, 0.1) is 49.1 Å². The number of fused-ring (bicyclic) bond motifs is 2. The Kier molecular flexibility index (Phi) is 6.76. The monoisotopic (exact) mass is 491 g/mol. The van der Waals surface area contributed by atoms with Gasteiger partial charge in [0.2, 0.25) is 11.8 Å². The van der Waals surface area contributed by atoms with Crippen LogP contribution in [0.5, 0.6) is 0 Å². The Morgan fingerprint density at radius 2 is 1.94 bits per heavy atom. The molecule has 5 heterocycles. The lowest BCUT2D eigenvalue weighted by Crippen LogP contribution is -2.56. The van der Waals surface area contributed by atoms with Crippen molar-refractivity contribution >= 4 is 29.5 Å². The molecule has 1 spiro atoms. The van der Waals surface area contributed by atoms with Gasteiger partial charge in [-0.15, -0.1) is 11.8 Å². The number of carbonyl (C=O) groups is 3. The standard InChI is InChI=1S/C24H33N3O6S/c1-16(15-28)27-20-22(30)26(9-8-25-10-13-32-14-11-25)7-4-6-24(20)19(21(27)29)18-17(34-24)5-2-3-12-33-23(18)31/h2,4-6,16-20,28H,3,7-15H2,1H3/t16-,17-,18+,19+,20?,24+/m1/s1. The number of morpholine rings is 1. The Bertz CT molecular complexity index is 890. The summed E-state index contributed by atoms with van der Waals surface area (Å²) >= 11 is 1.53. The summed E-state index contributed by atoms with van der Waals surface area (Å²) in [5.41, 5.74) is 0. The minimum atomic E-state index is -0.867. The highest BCUT2D eigenvalue weighted by Crippen LogP contribution is 2.61. The number of likely N-dealkylation sites (tertiary alicyclic amines) is 1. The summed E-state index contributed by atoms with van der Waals surface area (Å²) in [6.45, 7) is 6.62. The molecule has 0 aromatic rings. The molecule has 0 aromatic carbocycles. The number of rotatable bonds is 5. The molecule has 1 N–H and O–H groups in total. The quantitative estimate of drug-likeness (QED) is 0.421. The van der Waals surface area contributed by atoms with Crippen molar-refractivity contribution in [3.8, 4) is 0 Å². The smallest absolute Gasteiger partial charge is 0.311 e. The van der Waals surface area contributed by atoms with E-state index >= 15 is 0 Å². The molecular formula is C24H33N3O6S. The number of carbonyl (C=O) groups excluding carboxylic acids is 3. The summed E-state index contributed by atoms with van der Waals surface area (Å²) in [6.07, 6.45) is 8.62. The van der Waals surface area contributed by atoms with Crippen molar-refractivity contribution < 1.29 is 29.0 Å². The lowest BCUT2D eigenvalue weighted by Gasteiger charge is -2.38. The van der Waals surface area contributed by atoms with Crippen LogP contribution in [0.2, 0.25) is 0 Å². The predicted molar refractivity (Wildman–Crippen MR) is 126 cm³/mol. The van der Waals surface area contributed by atoms with E-state index in [4.69, 9.17) is 9.47 Å². The molecule has 5 aliphatic heterocycles.